The molecule has 0 saturated carbocycles. The molecular formula is C4H3F3NO. The van der Waals surface area contributed by atoms with Crippen LogP contribution in [0.1, 0.15) is 0 Å². The van der Waals surface area contributed by atoms with Crippen molar-refractivity contribution < 1.29 is 17.9 Å². The number of halogens is 3. The Morgan fingerprint density at radius 3 is 2.44 bits per heavy atom. The van der Waals surface area contributed by atoms with E-state index in [2.05, 4.69) is 9.73 Å². The van der Waals surface area contributed by atoms with Gasteiger partial charge >= 0.3 is 6.18 Å². The summed E-state index contributed by atoms with van der Waals surface area (Å²) in [5, 5.41) is 0. The topological polar surface area (TPSA) is 21.6 Å². The van der Waals surface area contributed by atoms with Gasteiger partial charge in [-0.05, 0) is 0 Å². The summed E-state index contributed by atoms with van der Waals surface area (Å²) in [6.45, 7) is 0.998. The van der Waals surface area contributed by atoms with Crippen molar-refractivity contribution in [2.75, 3.05) is 6.61 Å². The molecule has 0 aromatic carbocycles. The number of rotatable bonds is 0. The molecule has 1 aliphatic rings. The molecule has 2 nitrogen and oxygen atoms in total. The molecule has 0 N–H and O–H groups in total. The van der Waals surface area contributed by atoms with Gasteiger partial charge in [0.1, 0.15) is 13.2 Å². The van der Waals surface area contributed by atoms with Gasteiger partial charge in [-0.3, -0.25) is 0 Å². The largest absolute Gasteiger partial charge is 0.472 e. The van der Waals surface area contributed by atoms with E-state index in [1.165, 1.54) is 0 Å². The first-order valence-electron chi connectivity index (χ1n) is 2.20. The molecule has 0 atom stereocenters. The van der Waals surface area contributed by atoms with Gasteiger partial charge in [-0.2, -0.15) is 13.2 Å². The maximum absolute atomic E-state index is 11.5. The monoisotopic (exact) mass is 138 g/mol. The summed E-state index contributed by atoms with van der Waals surface area (Å²) in [5.74, 6) is -1.15. The first kappa shape index (κ1) is 6.38. The van der Waals surface area contributed by atoms with Crippen LogP contribution in [0.2, 0.25) is 0 Å². The molecule has 0 spiro atoms. The van der Waals surface area contributed by atoms with Gasteiger partial charge in [0.15, 0.2) is 0 Å². The molecule has 0 aliphatic carbocycles. The van der Waals surface area contributed by atoms with Crippen LogP contribution in [0.4, 0.5) is 13.2 Å². The molecule has 51 valence electrons. The van der Waals surface area contributed by atoms with E-state index in [-0.39, 0.29) is 6.61 Å². The van der Waals surface area contributed by atoms with Gasteiger partial charge in [0, 0.05) is 0 Å². The maximum atomic E-state index is 11.5. The van der Waals surface area contributed by atoms with Crippen LogP contribution in [0, 0.1) is 6.54 Å². The Balaban J connectivity index is 2.61. The summed E-state index contributed by atoms with van der Waals surface area (Å²) < 4.78 is 38.5. The molecule has 1 radical (unpaired) electrons. The highest BCUT2D eigenvalue weighted by atomic mass is 19.4. The van der Waals surface area contributed by atoms with Crippen molar-refractivity contribution in [3.8, 4) is 0 Å². The highest BCUT2D eigenvalue weighted by molar-refractivity contribution is 5.83. The average molecular weight is 138 g/mol. The summed E-state index contributed by atoms with van der Waals surface area (Å²) >= 11 is 0. The maximum Gasteiger partial charge on any atom is 0.468 e. The van der Waals surface area contributed by atoms with E-state index >= 15 is 0 Å². The van der Waals surface area contributed by atoms with Gasteiger partial charge in [0.05, 0.1) is 0 Å². The second kappa shape index (κ2) is 1.89. The highest BCUT2D eigenvalue weighted by Crippen LogP contribution is 2.20. The average Bonchev–Trinajstić information content (AvgIpc) is 2.08. The zero-order valence-electron chi connectivity index (χ0n) is 4.27. The molecule has 0 bridgehead atoms. The molecule has 0 fully saturated rings. The molecule has 0 unspecified atom stereocenters. The Labute approximate surface area is 49.3 Å². The molecule has 9 heavy (non-hydrogen) atoms. The minimum atomic E-state index is -4.42. The molecular weight excluding hydrogens is 135 g/mol. The standard InChI is InChI=1S/C4H3F3NO/c5-4(6,7)3-8-1-2-9-3/h1H,2H2. The van der Waals surface area contributed by atoms with Gasteiger partial charge in [-0.1, -0.05) is 0 Å². The number of aliphatic imine (C=N–C) groups is 1. The molecule has 5 heteroatoms. The summed E-state index contributed by atoms with van der Waals surface area (Å²) in [6.07, 6.45) is -4.42. The van der Waals surface area contributed by atoms with E-state index in [0.29, 0.717) is 0 Å². The fourth-order valence-electron chi connectivity index (χ4n) is 0.429. The Morgan fingerprint density at radius 1 is 1.56 bits per heavy atom. The summed E-state index contributed by atoms with van der Waals surface area (Å²) in [6, 6.07) is 0. The summed E-state index contributed by atoms with van der Waals surface area (Å²) in [5.41, 5.74) is 0. The molecule has 0 aromatic heterocycles. The van der Waals surface area contributed by atoms with E-state index in [9.17, 15) is 13.2 Å². The number of alkyl halides is 3. The predicted molar refractivity (Wildman–Crippen MR) is 23.7 cm³/mol. The van der Waals surface area contributed by atoms with Crippen LogP contribution in [0.5, 0.6) is 0 Å². The van der Waals surface area contributed by atoms with Gasteiger partial charge in [0.2, 0.25) is 0 Å². The van der Waals surface area contributed by atoms with Gasteiger partial charge in [-0.25, -0.2) is 4.99 Å². The Bertz CT molecular complexity index is 139. The third-order valence-electron chi connectivity index (χ3n) is 0.746. The molecule has 1 aliphatic heterocycles. The van der Waals surface area contributed by atoms with Gasteiger partial charge in [0.25, 0.3) is 5.90 Å². The molecule has 1 heterocycles. The Hall–Kier alpha value is -0.740. The van der Waals surface area contributed by atoms with Crippen LogP contribution in [-0.2, 0) is 4.74 Å². The van der Waals surface area contributed by atoms with E-state index < -0.39 is 12.1 Å². The highest BCUT2D eigenvalue weighted by Gasteiger charge is 2.39. The number of nitrogens with zero attached hydrogens (tertiary/aromatic N) is 1. The lowest BCUT2D eigenvalue weighted by Gasteiger charge is -2.03. The fraction of sp³-hybridized carbons (Fsp3) is 0.500. The van der Waals surface area contributed by atoms with Crippen LogP contribution >= 0.6 is 0 Å². The second-order valence-electron chi connectivity index (χ2n) is 1.43. The van der Waals surface area contributed by atoms with Gasteiger partial charge in [-0.15, -0.1) is 0 Å². The lowest BCUT2D eigenvalue weighted by Crippen LogP contribution is -2.22. The van der Waals surface area contributed by atoms with Crippen molar-refractivity contribution >= 4 is 5.90 Å². The first-order valence-corrected chi connectivity index (χ1v) is 2.20. The normalized spacial score (nSPS) is 19.2. The molecule has 0 amide bonds. The SMILES string of the molecule is FC(F)(F)C1=N[CH]CO1. The molecule has 1 rings (SSSR count). The molecule has 0 aromatic rings. The first-order chi connectivity index (χ1) is 4.11. The number of hydrogen-bond acceptors (Lipinski definition) is 2. The quantitative estimate of drug-likeness (QED) is 0.491. The third-order valence-corrected chi connectivity index (χ3v) is 0.746. The minimum Gasteiger partial charge on any atom is -0.472 e. The Kier molecular flexibility index (Phi) is 1.34. The zero-order chi connectivity index (χ0) is 6.91. The van der Waals surface area contributed by atoms with Crippen LogP contribution < -0.4 is 0 Å². The lowest BCUT2D eigenvalue weighted by atomic mass is 10.6. The molecule has 0 saturated heterocycles. The van der Waals surface area contributed by atoms with Crippen LogP contribution in [0.25, 0.3) is 0 Å². The van der Waals surface area contributed by atoms with E-state index in [1.807, 2.05) is 0 Å². The Morgan fingerprint density at radius 2 is 2.22 bits per heavy atom. The minimum absolute atomic E-state index is 0.0746. The summed E-state index contributed by atoms with van der Waals surface area (Å²) in [4.78, 5) is 2.95. The van der Waals surface area contributed by atoms with Crippen molar-refractivity contribution in [2.24, 2.45) is 4.99 Å². The van der Waals surface area contributed by atoms with Gasteiger partial charge < -0.3 is 4.74 Å². The van der Waals surface area contributed by atoms with E-state index in [4.69, 9.17) is 0 Å². The van der Waals surface area contributed by atoms with Crippen molar-refractivity contribution in [3.05, 3.63) is 6.54 Å². The van der Waals surface area contributed by atoms with Crippen molar-refractivity contribution in [1.82, 2.24) is 0 Å². The summed E-state index contributed by atoms with van der Waals surface area (Å²) in [7, 11) is 0. The number of hydrogen-bond donors (Lipinski definition) is 0. The van der Waals surface area contributed by atoms with Crippen molar-refractivity contribution in [1.29, 1.82) is 0 Å². The zero-order valence-corrected chi connectivity index (χ0v) is 4.27. The van der Waals surface area contributed by atoms with Crippen LogP contribution in [0.3, 0.4) is 0 Å². The van der Waals surface area contributed by atoms with Crippen LogP contribution in [-0.4, -0.2) is 18.7 Å². The smallest absolute Gasteiger partial charge is 0.468 e. The third kappa shape index (κ3) is 1.34. The number of ether oxygens (including phenoxy) is 1. The lowest BCUT2D eigenvalue weighted by molar-refractivity contribution is -0.0751. The second-order valence-corrected chi connectivity index (χ2v) is 1.43. The van der Waals surface area contributed by atoms with Crippen LogP contribution in [0.15, 0.2) is 4.99 Å². The van der Waals surface area contributed by atoms with Crippen molar-refractivity contribution in [3.63, 3.8) is 0 Å². The van der Waals surface area contributed by atoms with E-state index in [1.54, 1.807) is 0 Å². The van der Waals surface area contributed by atoms with Crippen molar-refractivity contribution in [2.45, 2.75) is 6.18 Å². The van der Waals surface area contributed by atoms with E-state index in [0.717, 1.165) is 6.54 Å². The predicted octanol–water partition coefficient (Wildman–Crippen LogP) is 1.14. The fourth-order valence-corrected chi connectivity index (χ4v) is 0.429.